The number of urea groups is 1. The summed E-state index contributed by atoms with van der Waals surface area (Å²) in [6.07, 6.45) is 3.02. The van der Waals surface area contributed by atoms with Crippen LogP contribution in [0.15, 0.2) is 18.2 Å². The molecule has 0 saturated carbocycles. The molecule has 1 aromatic carbocycles. The molecule has 0 aromatic heterocycles. The van der Waals surface area contributed by atoms with Gasteiger partial charge in [0.15, 0.2) is 0 Å². The predicted molar refractivity (Wildman–Crippen MR) is 79.0 cm³/mol. The van der Waals surface area contributed by atoms with Gasteiger partial charge >= 0.3 is 12.0 Å². The SMILES string of the molecule is O=C(NCCC1CCCO1)Nc1cc(Cl)ccc1C(=O)O. The minimum atomic E-state index is -1.12. The molecule has 1 aliphatic heterocycles. The summed E-state index contributed by atoms with van der Waals surface area (Å²) in [5, 5.41) is 14.6. The molecule has 0 aliphatic carbocycles. The number of nitrogens with one attached hydrogen (secondary N) is 2. The number of hydrogen-bond acceptors (Lipinski definition) is 3. The Morgan fingerprint density at radius 1 is 1.43 bits per heavy atom. The van der Waals surface area contributed by atoms with Crippen LogP contribution in [0.25, 0.3) is 0 Å². The molecule has 2 rings (SSSR count). The molecule has 0 spiro atoms. The van der Waals surface area contributed by atoms with Crippen molar-refractivity contribution in [2.75, 3.05) is 18.5 Å². The number of carbonyl (C=O) groups excluding carboxylic acids is 1. The van der Waals surface area contributed by atoms with Crippen LogP contribution in [0.2, 0.25) is 5.02 Å². The summed E-state index contributed by atoms with van der Waals surface area (Å²) in [6.45, 7) is 1.25. The second-order valence-electron chi connectivity index (χ2n) is 4.80. The van der Waals surface area contributed by atoms with Gasteiger partial charge in [0.2, 0.25) is 0 Å². The highest BCUT2D eigenvalue weighted by Crippen LogP contribution is 2.21. The normalized spacial score (nSPS) is 17.5. The first kappa shape index (κ1) is 15.6. The van der Waals surface area contributed by atoms with Crippen LogP contribution in [0.4, 0.5) is 10.5 Å². The lowest BCUT2D eigenvalue weighted by Gasteiger charge is -2.12. The average molecular weight is 313 g/mol. The van der Waals surface area contributed by atoms with Gasteiger partial charge in [-0.15, -0.1) is 0 Å². The number of amides is 2. The average Bonchev–Trinajstić information content (AvgIpc) is 2.91. The minimum absolute atomic E-state index is 0.00586. The van der Waals surface area contributed by atoms with Gasteiger partial charge < -0.3 is 20.5 Å². The maximum atomic E-state index is 11.8. The number of carbonyl (C=O) groups is 2. The van der Waals surface area contributed by atoms with E-state index in [-0.39, 0.29) is 17.4 Å². The molecule has 6 nitrogen and oxygen atoms in total. The lowest BCUT2D eigenvalue weighted by atomic mass is 10.2. The van der Waals surface area contributed by atoms with Crippen molar-refractivity contribution >= 4 is 29.3 Å². The topological polar surface area (TPSA) is 87.7 Å². The monoisotopic (exact) mass is 312 g/mol. The molecule has 1 fully saturated rings. The Morgan fingerprint density at radius 2 is 2.24 bits per heavy atom. The highest BCUT2D eigenvalue weighted by Gasteiger charge is 2.16. The molecule has 0 bridgehead atoms. The van der Waals surface area contributed by atoms with Gasteiger partial charge in [-0.1, -0.05) is 11.6 Å². The Balaban J connectivity index is 1.86. The van der Waals surface area contributed by atoms with Crippen LogP contribution < -0.4 is 10.6 Å². The number of anilines is 1. The van der Waals surface area contributed by atoms with Crippen LogP contribution in [0, 0.1) is 0 Å². The Hall–Kier alpha value is -1.79. The Labute approximate surface area is 127 Å². The molecule has 1 aliphatic rings. The Bertz CT molecular complexity index is 530. The third-order valence-corrected chi connectivity index (χ3v) is 3.47. The van der Waals surface area contributed by atoms with Crippen LogP contribution in [0.5, 0.6) is 0 Å². The fourth-order valence-electron chi connectivity index (χ4n) is 2.19. The number of rotatable bonds is 5. The van der Waals surface area contributed by atoms with Crippen molar-refractivity contribution in [3.8, 4) is 0 Å². The summed E-state index contributed by atoms with van der Waals surface area (Å²) in [4.78, 5) is 22.8. The molecule has 114 valence electrons. The van der Waals surface area contributed by atoms with Gasteiger partial charge in [-0.2, -0.15) is 0 Å². The molecule has 1 aromatic rings. The number of aromatic carboxylic acids is 1. The maximum absolute atomic E-state index is 11.8. The fourth-order valence-corrected chi connectivity index (χ4v) is 2.36. The van der Waals surface area contributed by atoms with Crippen molar-refractivity contribution < 1.29 is 19.4 Å². The standard InChI is InChI=1S/C14H17ClN2O4/c15-9-3-4-11(13(18)19)12(8-9)17-14(20)16-6-5-10-2-1-7-21-10/h3-4,8,10H,1-2,5-7H2,(H,18,19)(H2,16,17,20). The third-order valence-electron chi connectivity index (χ3n) is 3.24. The van der Waals surface area contributed by atoms with E-state index in [2.05, 4.69) is 10.6 Å². The molecule has 3 N–H and O–H groups in total. The summed E-state index contributed by atoms with van der Waals surface area (Å²) in [5.74, 6) is -1.12. The van der Waals surface area contributed by atoms with Gasteiger partial charge in [0.05, 0.1) is 17.4 Å². The molecule has 1 atom stereocenters. The molecule has 7 heteroatoms. The largest absolute Gasteiger partial charge is 0.478 e. The van der Waals surface area contributed by atoms with Crippen molar-refractivity contribution in [2.45, 2.75) is 25.4 Å². The quantitative estimate of drug-likeness (QED) is 0.780. The predicted octanol–water partition coefficient (Wildman–Crippen LogP) is 2.73. The van der Waals surface area contributed by atoms with Crippen LogP contribution in [0.3, 0.4) is 0 Å². The van der Waals surface area contributed by atoms with E-state index in [0.29, 0.717) is 11.6 Å². The first-order chi connectivity index (χ1) is 10.1. The second kappa shape index (κ2) is 7.28. The van der Waals surface area contributed by atoms with Crippen LogP contribution in [-0.4, -0.2) is 36.4 Å². The summed E-state index contributed by atoms with van der Waals surface area (Å²) in [5.41, 5.74) is 0.165. The first-order valence-corrected chi connectivity index (χ1v) is 7.13. The number of carboxylic acids is 1. The van der Waals surface area contributed by atoms with Gasteiger partial charge in [-0.25, -0.2) is 9.59 Å². The van der Waals surface area contributed by atoms with Crippen molar-refractivity contribution in [1.29, 1.82) is 0 Å². The Kier molecular flexibility index (Phi) is 5.41. The zero-order valence-electron chi connectivity index (χ0n) is 11.4. The molecule has 0 radical (unpaired) electrons. The van der Waals surface area contributed by atoms with E-state index < -0.39 is 12.0 Å². The van der Waals surface area contributed by atoms with Crippen LogP contribution in [0.1, 0.15) is 29.6 Å². The molecule has 21 heavy (non-hydrogen) atoms. The number of benzene rings is 1. The van der Waals surface area contributed by atoms with Crippen LogP contribution in [-0.2, 0) is 4.74 Å². The number of halogens is 1. The third kappa shape index (κ3) is 4.61. The first-order valence-electron chi connectivity index (χ1n) is 6.75. The minimum Gasteiger partial charge on any atom is -0.478 e. The van der Waals surface area contributed by atoms with E-state index in [4.69, 9.17) is 21.4 Å². The van der Waals surface area contributed by atoms with Gasteiger partial charge in [0.25, 0.3) is 0 Å². The van der Waals surface area contributed by atoms with Gasteiger partial charge in [-0.05, 0) is 37.5 Å². The van der Waals surface area contributed by atoms with E-state index in [9.17, 15) is 9.59 Å². The maximum Gasteiger partial charge on any atom is 0.337 e. The molecular weight excluding hydrogens is 296 g/mol. The molecular formula is C14H17ClN2O4. The zero-order valence-corrected chi connectivity index (χ0v) is 12.2. The molecule has 2 amide bonds. The summed E-state index contributed by atoms with van der Waals surface area (Å²) in [7, 11) is 0. The lowest BCUT2D eigenvalue weighted by Crippen LogP contribution is -2.31. The van der Waals surface area contributed by atoms with Gasteiger partial charge in [0.1, 0.15) is 0 Å². The smallest absolute Gasteiger partial charge is 0.337 e. The van der Waals surface area contributed by atoms with Crippen molar-refractivity contribution in [1.82, 2.24) is 5.32 Å². The molecule has 1 unspecified atom stereocenters. The summed E-state index contributed by atoms with van der Waals surface area (Å²) in [6, 6.07) is 3.76. The van der Waals surface area contributed by atoms with Crippen LogP contribution >= 0.6 is 11.6 Å². The molecule has 1 saturated heterocycles. The lowest BCUT2D eigenvalue weighted by molar-refractivity contribution is 0.0698. The van der Waals surface area contributed by atoms with E-state index in [0.717, 1.165) is 25.9 Å². The van der Waals surface area contributed by atoms with Gasteiger partial charge in [-0.3, -0.25) is 0 Å². The van der Waals surface area contributed by atoms with E-state index in [1.54, 1.807) is 0 Å². The van der Waals surface area contributed by atoms with Crippen molar-refractivity contribution in [3.63, 3.8) is 0 Å². The highest BCUT2D eigenvalue weighted by atomic mass is 35.5. The summed E-state index contributed by atoms with van der Waals surface area (Å²) >= 11 is 5.81. The van der Waals surface area contributed by atoms with Gasteiger partial charge in [0, 0.05) is 18.2 Å². The summed E-state index contributed by atoms with van der Waals surface area (Å²) < 4.78 is 5.45. The van der Waals surface area contributed by atoms with E-state index in [1.165, 1.54) is 18.2 Å². The number of ether oxygens (including phenoxy) is 1. The zero-order chi connectivity index (χ0) is 15.2. The van der Waals surface area contributed by atoms with Crippen molar-refractivity contribution in [2.24, 2.45) is 0 Å². The fraction of sp³-hybridized carbons (Fsp3) is 0.429. The van der Waals surface area contributed by atoms with E-state index in [1.807, 2.05) is 0 Å². The van der Waals surface area contributed by atoms with Crippen molar-refractivity contribution in [3.05, 3.63) is 28.8 Å². The van der Waals surface area contributed by atoms with E-state index >= 15 is 0 Å². The molecule has 1 heterocycles. The number of hydrogen-bond donors (Lipinski definition) is 3. The Morgan fingerprint density at radius 3 is 2.90 bits per heavy atom. The highest BCUT2D eigenvalue weighted by molar-refractivity contribution is 6.31. The number of carboxylic acid groups (broad SMARTS) is 1. The second-order valence-corrected chi connectivity index (χ2v) is 5.24.